The molecule has 0 aromatic carbocycles. The molecule has 0 aliphatic heterocycles. The van der Waals surface area contributed by atoms with E-state index in [1.54, 1.807) is 0 Å². The van der Waals surface area contributed by atoms with Gasteiger partial charge in [-0.25, -0.2) is 0 Å². The SMILES string of the molecule is [B]CS(C)=P. The highest BCUT2D eigenvalue weighted by molar-refractivity contribution is 8.16. The average molecular weight is 104 g/mol. The molecule has 0 nitrogen and oxygen atoms in total. The molecule has 0 heterocycles. The molecule has 0 rings (SSSR count). The molecule has 0 saturated carbocycles. The maximum atomic E-state index is 5.14. The molecule has 3 heteroatoms. The van der Waals surface area contributed by atoms with E-state index in [1.165, 1.54) is 0 Å². The van der Waals surface area contributed by atoms with E-state index >= 15 is 0 Å². The number of rotatable bonds is 1. The van der Waals surface area contributed by atoms with Gasteiger partial charge in [-0.1, -0.05) is 8.02 Å². The first-order valence-corrected chi connectivity index (χ1v) is 4.34. The summed E-state index contributed by atoms with van der Waals surface area (Å²) in [7, 11) is 8.71. The molecule has 1 unspecified atom stereocenters. The predicted octanol–water partition coefficient (Wildman–Crippen LogP) is 0.418. The molecule has 0 aliphatic rings. The maximum absolute atomic E-state index is 5.14. The van der Waals surface area contributed by atoms with Crippen LogP contribution in [-0.2, 0) is 10.1 Å². The van der Waals surface area contributed by atoms with Crippen molar-refractivity contribution in [1.82, 2.24) is 0 Å². The lowest BCUT2D eigenvalue weighted by molar-refractivity contribution is 2.18. The fourth-order valence-corrected chi connectivity index (χ4v) is 0. The summed E-state index contributed by atoms with van der Waals surface area (Å²) in [6.07, 6.45) is 2.04. The molecule has 0 aliphatic carbocycles. The van der Waals surface area contributed by atoms with Crippen molar-refractivity contribution >= 4 is 25.9 Å². The molecule has 0 amide bonds. The smallest absolute Gasteiger partial charge is 0.0796 e. The fraction of sp³-hybridized carbons (Fsp3) is 1.00. The third kappa shape index (κ3) is 4.71. The summed E-state index contributed by atoms with van der Waals surface area (Å²) in [5.41, 5.74) is 0.747. The summed E-state index contributed by atoms with van der Waals surface area (Å²) < 4.78 is 0. The summed E-state index contributed by atoms with van der Waals surface area (Å²) in [6.45, 7) is 0. The second-order valence-electron chi connectivity index (χ2n) is 0.804. The van der Waals surface area contributed by atoms with Crippen LogP contribution in [0.1, 0.15) is 0 Å². The topological polar surface area (TPSA) is 0 Å². The monoisotopic (exact) mass is 104 g/mol. The Balaban J connectivity index is 2.85. The lowest BCUT2D eigenvalue weighted by Gasteiger charge is -1.82. The second-order valence-corrected chi connectivity index (χ2v) is 4.50. The van der Waals surface area contributed by atoms with Gasteiger partial charge >= 0.3 is 0 Å². The first kappa shape index (κ1) is 5.71. The molecule has 0 fully saturated rings. The van der Waals surface area contributed by atoms with Gasteiger partial charge in [-0.2, -0.15) is 10.1 Å². The number of hydrogen-bond acceptors (Lipinski definition) is 0. The molecule has 0 spiro atoms. The van der Waals surface area contributed by atoms with Crippen LogP contribution in [0.4, 0.5) is 0 Å². The standard InChI is InChI=1S/C2H6BPS/c1-5(4)2-3/h4H,2H2,1H3. The van der Waals surface area contributed by atoms with Crippen LogP contribution in [0.15, 0.2) is 0 Å². The van der Waals surface area contributed by atoms with E-state index in [4.69, 9.17) is 7.85 Å². The van der Waals surface area contributed by atoms with Gasteiger partial charge in [0.25, 0.3) is 0 Å². The van der Waals surface area contributed by atoms with Crippen molar-refractivity contribution in [2.75, 3.05) is 11.9 Å². The third-order valence-electron chi connectivity index (χ3n) is 0.250. The van der Waals surface area contributed by atoms with Crippen LogP contribution in [0.3, 0.4) is 0 Å². The highest BCUT2D eigenvalue weighted by Gasteiger charge is 1.65. The van der Waals surface area contributed by atoms with Gasteiger partial charge in [0.2, 0.25) is 0 Å². The van der Waals surface area contributed by atoms with E-state index in [2.05, 4.69) is 8.02 Å². The summed E-state index contributed by atoms with van der Waals surface area (Å²) in [6, 6.07) is 0. The lowest BCUT2D eigenvalue weighted by atomic mass is 10.2. The lowest BCUT2D eigenvalue weighted by Crippen LogP contribution is -1.84. The highest BCUT2D eigenvalue weighted by Crippen LogP contribution is 1.75. The Morgan fingerprint density at radius 1 is 2.00 bits per heavy atom. The van der Waals surface area contributed by atoms with E-state index in [9.17, 15) is 0 Å². The maximum Gasteiger partial charge on any atom is 0.0796 e. The normalized spacial score (nSPS) is 14.6. The molecule has 0 aromatic heterocycles. The van der Waals surface area contributed by atoms with Crippen LogP contribution >= 0.6 is 8.02 Å². The zero-order valence-electron chi connectivity index (χ0n) is 3.19. The van der Waals surface area contributed by atoms with Crippen LogP contribution in [0.5, 0.6) is 0 Å². The van der Waals surface area contributed by atoms with Gasteiger partial charge in [0.05, 0.1) is 7.85 Å². The molecule has 0 aromatic rings. The molecule has 0 saturated heterocycles. The van der Waals surface area contributed by atoms with Crippen LogP contribution in [0.25, 0.3) is 0 Å². The van der Waals surface area contributed by atoms with E-state index in [1.807, 2.05) is 6.26 Å². The van der Waals surface area contributed by atoms with Crippen molar-refractivity contribution in [2.45, 2.75) is 0 Å². The van der Waals surface area contributed by atoms with E-state index in [0.29, 0.717) is 0 Å². The Hall–Kier alpha value is 0.715. The van der Waals surface area contributed by atoms with Gasteiger partial charge in [0.15, 0.2) is 0 Å². The van der Waals surface area contributed by atoms with Crippen LogP contribution in [0.2, 0.25) is 0 Å². The minimum atomic E-state index is 0.261. The van der Waals surface area contributed by atoms with Crippen LogP contribution in [-0.4, -0.2) is 19.8 Å². The Morgan fingerprint density at radius 2 is 2.20 bits per heavy atom. The molecule has 5 heavy (non-hydrogen) atoms. The quantitative estimate of drug-likeness (QED) is 0.334. The Morgan fingerprint density at radius 3 is 2.20 bits per heavy atom. The van der Waals surface area contributed by atoms with Gasteiger partial charge in [-0.05, 0) is 11.9 Å². The largest absolute Gasteiger partial charge is 0.177 e. The molecule has 1 atom stereocenters. The van der Waals surface area contributed by atoms with E-state index < -0.39 is 0 Å². The zero-order valence-corrected chi connectivity index (χ0v) is 5.01. The van der Waals surface area contributed by atoms with E-state index in [-0.39, 0.29) is 10.1 Å². The van der Waals surface area contributed by atoms with Gasteiger partial charge in [0, 0.05) is 0 Å². The van der Waals surface area contributed by atoms with Crippen molar-refractivity contribution in [3.8, 4) is 0 Å². The number of hydrogen-bond donors (Lipinski definition) is 0. The molecular weight excluding hydrogens is 97.9 g/mol. The Labute approximate surface area is 38.6 Å². The molecular formula is C2H6BPS. The van der Waals surface area contributed by atoms with Crippen molar-refractivity contribution < 1.29 is 0 Å². The summed E-state index contributed by atoms with van der Waals surface area (Å²) in [5, 5.41) is 0. The summed E-state index contributed by atoms with van der Waals surface area (Å²) in [5.74, 6) is 0. The molecule has 0 N–H and O–H groups in total. The minimum absolute atomic E-state index is 0.261. The van der Waals surface area contributed by atoms with Crippen LogP contribution in [0, 0.1) is 0 Å². The van der Waals surface area contributed by atoms with Crippen molar-refractivity contribution in [2.24, 2.45) is 0 Å². The molecule has 0 bridgehead atoms. The fourth-order valence-electron chi connectivity index (χ4n) is 0. The average Bonchev–Trinajstić information content (AvgIpc) is 1.38. The van der Waals surface area contributed by atoms with E-state index in [0.717, 1.165) is 5.65 Å². The van der Waals surface area contributed by atoms with Crippen molar-refractivity contribution in [3.63, 3.8) is 0 Å². The molecule has 2 radical (unpaired) electrons. The zero-order chi connectivity index (χ0) is 4.28. The summed E-state index contributed by atoms with van der Waals surface area (Å²) in [4.78, 5) is 0. The molecule has 28 valence electrons. The van der Waals surface area contributed by atoms with Gasteiger partial charge in [-0.15, -0.1) is 0 Å². The first-order valence-electron chi connectivity index (χ1n) is 1.31. The van der Waals surface area contributed by atoms with Crippen LogP contribution < -0.4 is 0 Å². The van der Waals surface area contributed by atoms with Crippen molar-refractivity contribution in [3.05, 3.63) is 0 Å². The Kier molecular flexibility index (Phi) is 3.35. The highest BCUT2D eigenvalue weighted by atomic mass is 32.5. The van der Waals surface area contributed by atoms with Gasteiger partial charge < -0.3 is 0 Å². The second kappa shape index (κ2) is 2.93. The summed E-state index contributed by atoms with van der Waals surface area (Å²) >= 11 is 0. The van der Waals surface area contributed by atoms with Gasteiger partial charge in [-0.3, -0.25) is 0 Å². The Bertz CT molecular complexity index is 44.9. The third-order valence-corrected chi connectivity index (χ3v) is 1.25. The van der Waals surface area contributed by atoms with Crippen molar-refractivity contribution in [1.29, 1.82) is 0 Å². The van der Waals surface area contributed by atoms with Gasteiger partial charge in [0.1, 0.15) is 0 Å². The minimum Gasteiger partial charge on any atom is -0.177 e. The predicted molar refractivity (Wildman–Crippen MR) is 32.2 cm³/mol. The first-order chi connectivity index (χ1) is 2.27.